The van der Waals surface area contributed by atoms with Crippen molar-refractivity contribution < 1.29 is 18.0 Å². The fourth-order valence-electron chi connectivity index (χ4n) is 4.36. The van der Waals surface area contributed by atoms with Crippen LogP contribution in [0, 0.1) is 0 Å². The fourth-order valence-corrected chi connectivity index (χ4v) is 4.64. The summed E-state index contributed by atoms with van der Waals surface area (Å²) in [5, 5.41) is 15.2. The highest BCUT2D eigenvalue weighted by atomic mass is 35.5. The first-order valence-corrected chi connectivity index (χ1v) is 11.7. The lowest BCUT2D eigenvalue weighted by molar-refractivity contribution is -0.134. The Bertz CT molecular complexity index is 1430. The molecular formula is C24H23ClF3N7O. The van der Waals surface area contributed by atoms with Gasteiger partial charge in [-0.2, -0.15) is 23.4 Å². The van der Waals surface area contributed by atoms with Gasteiger partial charge in [0.15, 0.2) is 5.82 Å². The Hall–Kier alpha value is -3.44. The van der Waals surface area contributed by atoms with Gasteiger partial charge in [0.05, 0.1) is 29.8 Å². The summed E-state index contributed by atoms with van der Waals surface area (Å²) < 4.78 is 38.7. The van der Waals surface area contributed by atoms with Gasteiger partial charge < -0.3 is 10.2 Å². The number of aromatic amines is 1. The van der Waals surface area contributed by atoms with Gasteiger partial charge >= 0.3 is 6.18 Å². The van der Waals surface area contributed by atoms with Crippen LogP contribution in [0.2, 0.25) is 5.02 Å². The van der Waals surface area contributed by atoms with E-state index in [0.717, 1.165) is 39.0 Å². The smallest absolute Gasteiger partial charge is 0.337 e. The minimum absolute atomic E-state index is 0.342. The van der Waals surface area contributed by atoms with E-state index in [1.807, 2.05) is 37.4 Å². The summed E-state index contributed by atoms with van der Waals surface area (Å²) >= 11 is 6.57. The molecule has 2 N–H and O–H groups in total. The monoisotopic (exact) mass is 517 g/mol. The molecule has 0 saturated heterocycles. The maximum atomic E-state index is 12.3. The van der Waals surface area contributed by atoms with Crippen LogP contribution in [0.4, 0.5) is 13.2 Å². The van der Waals surface area contributed by atoms with Crippen molar-refractivity contribution in [3.05, 3.63) is 64.1 Å². The Balaban J connectivity index is 1.28. The molecule has 1 aliphatic heterocycles. The number of halogens is 4. The van der Waals surface area contributed by atoms with Gasteiger partial charge in [-0.25, -0.2) is 4.98 Å². The molecule has 0 saturated carbocycles. The van der Waals surface area contributed by atoms with Crippen LogP contribution >= 0.6 is 11.6 Å². The molecule has 2 aromatic heterocycles. The molecule has 188 valence electrons. The first-order valence-electron chi connectivity index (χ1n) is 11.4. The minimum Gasteiger partial charge on any atom is -0.337 e. The molecule has 0 spiro atoms. The predicted octanol–water partition coefficient (Wildman–Crippen LogP) is 3.64. The summed E-state index contributed by atoms with van der Waals surface area (Å²) in [6.45, 7) is -0.724. The molecule has 0 bridgehead atoms. The van der Waals surface area contributed by atoms with Gasteiger partial charge in [0, 0.05) is 37.5 Å². The number of H-pyrrole nitrogens is 1. The van der Waals surface area contributed by atoms with Gasteiger partial charge in [0.2, 0.25) is 5.91 Å². The number of aryl methyl sites for hydroxylation is 1. The second-order valence-corrected chi connectivity index (χ2v) is 9.17. The number of nitrogens with zero attached hydrogens (tertiary/aromatic N) is 5. The summed E-state index contributed by atoms with van der Waals surface area (Å²) in [5.74, 6) is 0.999. The summed E-state index contributed by atoms with van der Waals surface area (Å²) in [6, 6.07) is 9.72. The van der Waals surface area contributed by atoms with Crippen LogP contribution in [-0.4, -0.2) is 61.6 Å². The molecule has 3 heterocycles. The molecule has 0 unspecified atom stereocenters. The summed E-state index contributed by atoms with van der Waals surface area (Å²) in [4.78, 5) is 18.6. The van der Waals surface area contributed by atoms with Crippen molar-refractivity contribution in [1.29, 1.82) is 0 Å². The van der Waals surface area contributed by atoms with E-state index in [1.54, 1.807) is 15.8 Å². The standard InChI is InChI=1S/C24H23ClF3N7O/c1-34-20(9-15-4-5-19-18(22(15)25)10-30-32-19)31-23(33-34)16-2-3-17-12-35(7-6-14(17)8-16)21(36)11-29-13-24(26,27)28/h2-5,8,10,29H,6-7,9,11-13H2,1H3,(H,30,32). The van der Waals surface area contributed by atoms with Crippen LogP contribution in [-0.2, 0) is 31.2 Å². The number of amides is 1. The van der Waals surface area contributed by atoms with Crippen molar-refractivity contribution in [2.24, 2.45) is 7.05 Å². The number of benzene rings is 2. The Morgan fingerprint density at radius 2 is 2.06 bits per heavy atom. The minimum atomic E-state index is -4.34. The highest BCUT2D eigenvalue weighted by Gasteiger charge is 2.28. The molecule has 5 rings (SSSR count). The molecule has 8 nitrogen and oxygen atoms in total. The number of carbonyl (C=O) groups is 1. The van der Waals surface area contributed by atoms with Crippen molar-refractivity contribution in [3.8, 4) is 11.4 Å². The molecule has 0 atom stereocenters. The zero-order chi connectivity index (χ0) is 25.4. The SMILES string of the molecule is Cn1nc(-c2ccc3c(c2)CCN(C(=O)CNCC(F)(F)F)C3)nc1Cc1ccc2[nH]ncc2c1Cl. The fraction of sp³-hybridized carbons (Fsp3) is 0.333. The Morgan fingerprint density at radius 1 is 1.22 bits per heavy atom. The summed E-state index contributed by atoms with van der Waals surface area (Å²) in [5.41, 5.74) is 4.69. The zero-order valence-corrected chi connectivity index (χ0v) is 20.1. The van der Waals surface area contributed by atoms with E-state index in [1.165, 1.54) is 0 Å². The van der Waals surface area contributed by atoms with Crippen LogP contribution in [0.25, 0.3) is 22.3 Å². The average Bonchev–Trinajstić information content (AvgIpc) is 3.46. The third-order valence-electron chi connectivity index (χ3n) is 6.27. The number of aromatic nitrogens is 5. The maximum Gasteiger partial charge on any atom is 0.401 e. The third-order valence-corrected chi connectivity index (χ3v) is 6.72. The number of fused-ring (bicyclic) bond motifs is 2. The number of nitrogens with one attached hydrogen (secondary N) is 2. The molecular weight excluding hydrogens is 495 g/mol. The van der Waals surface area contributed by atoms with Crippen molar-refractivity contribution in [2.75, 3.05) is 19.6 Å². The molecule has 4 aromatic rings. The predicted molar refractivity (Wildman–Crippen MR) is 128 cm³/mol. The highest BCUT2D eigenvalue weighted by molar-refractivity contribution is 6.36. The van der Waals surface area contributed by atoms with Crippen LogP contribution in [0.1, 0.15) is 22.5 Å². The van der Waals surface area contributed by atoms with Gasteiger partial charge in [-0.05, 0) is 35.2 Å². The number of alkyl halides is 3. The summed E-state index contributed by atoms with van der Waals surface area (Å²) in [7, 11) is 1.84. The van der Waals surface area contributed by atoms with Crippen LogP contribution in [0.5, 0.6) is 0 Å². The lowest BCUT2D eigenvalue weighted by atomic mass is 9.97. The largest absolute Gasteiger partial charge is 0.401 e. The molecule has 1 amide bonds. The molecule has 0 fully saturated rings. The third kappa shape index (κ3) is 5.07. The number of carbonyl (C=O) groups excluding carboxylic acids is 1. The zero-order valence-electron chi connectivity index (χ0n) is 19.4. The number of hydrogen-bond donors (Lipinski definition) is 2. The first-order chi connectivity index (χ1) is 17.2. The molecule has 2 aromatic carbocycles. The topological polar surface area (TPSA) is 91.7 Å². The highest BCUT2D eigenvalue weighted by Crippen LogP contribution is 2.29. The van der Waals surface area contributed by atoms with Crippen LogP contribution in [0.3, 0.4) is 0 Å². The van der Waals surface area contributed by atoms with E-state index in [0.29, 0.717) is 36.8 Å². The molecule has 1 aliphatic rings. The van der Waals surface area contributed by atoms with E-state index in [2.05, 4.69) is 20.6 Å². The lowest BCUT2D eigenvalue weighted by Gasteiger charge is -2.29. The Labute approximate surface area is 209 Å². The van der Waals surface area contributed by atoms with Gasteiger partial charge in [0.1, 0.15) is 5.82 Å². The molecule has 36 heavy (non-hydrogen) atoms. The van der Waals surface area contributed by atoms with Gasteiger partial charge in [-0.15, -0.1) is 0 Å². The second-order valence-electron chi connectivity index (χ2n) is 8.79. The normalized spacial score (nSPS) is 13.9. The molecule has 0 aliphatic carbocycles. The second kappa shape index (κ2) is 9.55. The van der Waals surface area contributed by atoms with Crippen molar-refractivity contribution in [3.63, 3.8) is 0 Å². The van der Waals surface area contributed by atoms with E-state index in [9.17, 15) is 18.0 Å². The van der Waals surface area contributed by atoms with Crippen molar-refractivity contribution in [1.82, 2.24) is 35.2 Å². The quantitative estimate of drug-likeness (QED) is 0.407. The van der Waals surface area contributed by atoms with Crippen molar-refractivity contribution in [2.45, 2.75) is 25.6 Å². The summed E-state index contributed by atoms with van der Waals surface area (Å²) in [6.07, 6.45) is -1.53. The molecule has 0 radical (unpaired) electrons. The Kier molecular flexibility index (Phi) is 6.44. The van der Waals surface area contributed by atoms with Gasteiger partial charge in [-0.3, -0.25) is 14.6 Å². The molecule has 12 heteroatoms. The lowest BCUT2D eigenvalue weighted by Crippen LogP contribution is -2.43. The van der Waals surface area contributed by atoms with E-state index >= 15 is 0 Å². The van der Waals surface area contributed by atoms with Crippen molar-refractivity contribution >= 4 is 28.4 Å². The van der Waals surface area contributed by atoms with E-state index in [-0.39, 0.29) is 12.5 Å². The van der Waals surface area contributed by atoms with Crippen LogP contribution in [0.15, 0.2) is 36.5 Å². The van der Waals surface area contributed by atoms with Gasteiger partial charge in [-0.1, -0.05) is 29.8 Å². The van der Waals surface area contributed by atoms with E-state index < -0.39 is 12.7 Å². The first kappa shape index (κ1) is 24.3. The number of hydrogen-bond acceptors (Lipinski definition) is 5. The average molecular weight is 518 g/mol. The maximum absolute atomic E-state index is 12.3. The number of rotatable bonds is 6. The van der Waals surface area contributed by atoms with Gasteiger partial charge in [0.25, 0.3) is 0 Å². The van der Waals surface area contributed by atoms with E-state index in [4.69, 9.17) is 16.6 Å². The Morgan fingerprint density at radius 3 is 2.86 bits per heavy atom. The van der Waals surface area contributed by atoms with Crippen LogP contribution < -0.4 is 5.32 Å².